The first-order valence-electron chi connectivity index (χ1n) is 3.83. The maximum absolute atomic E-state index is 8.34. The van der Waals surface area contributed by atoms with E-state index in [1.165, 1.54) is 7.11 Å². The van der Waals surface area contributed by atoms with E-state index in [0.29, 0.717) is 33.0 Å². The normalized spacial score (nSPS) is 10.5. The van der Waals surface area contributed by atoms with E-state index in [9.17, 15) is 0 Å². The first-order chi connectivity index (χ1) is 5.91. The molecule has 12 heavy (non-hydrogen) atoms. The lowest BCUT2D eigenvalue weighted by Gasteiger charge is -2.03. The van der Waals surface area contributed by atoms with Gasteiger partial charge < -0.3 is 14.6 Å². The maximum Gasteiger partial charge on any atom is 0.106 e. The number of aliphatic hydroxyl groups excluding tert-OH is 1. The van der Waals surface area contributed by atoms with Crippen LogP contribution in [-0.4, -0.2) is 51.9 Å². The highest BCUT2D eigenvalue weighted by Gasteiger charge is 1.89. The predicted molar refractivity (Wildman–Crippen MR) is 41.7 cm³/mol. The van der Waals surface area contributed by atoms with Crippen molar-refractivity contribution in [1.82, 2.24) is 0 Å². The first-order valence-corrected chi connectivity index (χ1v) is 3.83. The molecule has 0 saturated carbocycles. The third-order valence-electron chi connectivity index (χ3n) is 1.04. The van der Waals surface area contributed by atoms with Crippen LogP contribution in [0.4, 0.5) is 0 Å². The minimum Gasteiger partial charge on any atom is -0.394 e. The minimum atomic E-state index is 0.0484. The Balaban J connectivity index is 2.73. The summed E-state index contributed by atoms with van der Waals surface area (Å²) in [5.74, 6) is 0. The lowest BCUT2D eigenvalue weighted by Crippen LogP contribution is -2.10. The highest BCUT2D eigenvalue weighted by molar-refractivity contribution is 4.30. The van der Waals surface area contributed by atoms with Crippen LogP contribution in [0.2, 0.25) is 0 Å². The van der Waals surface area contributed by atoms with E-state index >= 15 is 0 Å². The molecule has 0 unspecified atom stereocenters. The molecular formula is C7H16O5. The SMILES string of the molecule is COOCCOCCOCCO. The van der Waals surface area contributed by atoms with Crippen molar-refractivity contribution in [2.75, 3.05) is 46.8 Å². The monoisotopic (exact) mass is 180 g/mol. The number of aliphatic hydroxyl groups is 1. The fraction of sp³-hybridized carbons (Fsp3) is 1.00. The van der Waals surface area contributed by atoms with Crippen molar-refractivity contribution in [3.05, 3.63) is 0 Å². The van der Waals surface area contributed by atoms with Crippen LogP contribution in [0.25, 0.3) is 0 Å². The van der Waals surface area contributed by atoms with Gasteiger partial charge in [0.1, 0.15) is 6.61 Å². The van der Waals surface area contributed by atoms with Crippen LogP contribution in [0.3, 0.4) is 0 Å². The zero-order chi connectivity index (χ0) is 9.07. The second-order valence-corrected chi connectivity index (χ2v) is 1.94. The molecule has 74 valence electrons. The molecule has 5 heteroatoms. The smallest absolute Gasteiger partial charge is 0.106 e. The molecule has 0 amide bonds. The van der Waals surface area contributed by atoms with Crippen molar-refractivity contribution in [3.63, 3.8) is 0 Å². The van der Waals surface area contributed by atoms with Gasteiger partial charge in [-0.15, -0.1) is 0 Å². The lowest BCUT2D eigenvalue weighted by molar-refractivity contribution is -0.277. The average Bonchev–Trinajstić information content (AvgIpc) is 2.10. The van der Waals surface area contributed by atoms with Gasteiger partial charge in [0.05, 0.1) is 40.1 Å². The molecule has 5 nitrogen and oxygen atoms in total. The van der Waals surface area contributed by atoms with E-state index in [4.69, 9.17) is 14.6 Å². The van der Waals surface area contributed by atoms with Gasteiger partial charge >= 0.3 is 0 Å². The molecule has 0 bridgehead atoms. The number of hydrogen-bond donors (Lipinski definition) is 1. The Morgan fingerprint density at radius 1 is 0.917 bits per heavy atom. The Morgan fingerprint density at radius 3 is 2.08 bits per heavy atom. The summed E-state index contributed by atoms with van der Waals surface area (Å²) in [5.41, 5.74) is 0. The number of rotatable bonds is 9. The van der Waals surface area contributed by atoms with Crippen molar-refractivity contribution in [2.24, 2.45) is 0 Å². The van der Waals surface area contributed by atoms with Gasteiger partial charge in [-0.05, 0) is 0 Å². The predicted octanol–water partition coefficient (Wildman–Crippen LogP) is -0.410. The molecule has 0 aromatic carbocycles. The van der Waals surface area contributed by atoms with Gasteiger partial charge in [0.2, 0.25) is 0 Å². The van der Waals surface area contributed by atoms with E-state index in [1.54, 1.807) is 0 Å². The van der Waals surface area contributed by atoms with Crippen LogP contribution in [-0.2, 0) is 19.2 Å². The fourth-order valence-corrected chi connectivity index (χ4v) is 0.563. The Kier molecular flexibility index (Phi) is 10.6. The van der Waals surface area contributed by atoms with Gasteiger partial charge in [0.15, 0.2) is 0 Å². The van der Waals surface area contributed by atoms with E-state index in [2.05, 4.69) is 9.78 Å². The topological polar surface area (TPSA) is 57.2 Å². The van der Waals surface area contributed by atoms with Crippen LogP contribution < -0.4 is 0 Å². The van der Waals surface area contributed by atoms with Crippen LogP contribution >= 0.6 is 0 Å². The second kappa shape index (κ2) is 10.8. The van der Waals surface area contributed by atoms with Crippen LogP contribution in [0.5, 0.6) is 0 Å². The molecule has 0 heterocycles. The molecule has 0 aromatic heterocycles. The molecule has 0 rings (SSSR count). The van der Waals surface area contributed by atoms with Crippen molar-refractivity contribution in [3.8, 4) is 0 Å². The van der Waals surface area contributed by atoms with Gasteiger partial charge in [-0.25, -0.2) is 9.78 Å². The van der Waals surface area contributed by atoms with E-state index in [1.807, 2.05) is 0 Å². The zero-order valence-electron chi connectivity index (χ0n) is 7.32. The zero-order valence-corrected chi connectivity index (χ0v) is 7.32. The lowest BCUT2D eigenvalue weighted by atomic mass is 10.7. The van der Waals surface area contributed by atoms with E-state index in [-0.39, 0.29) is 6.61 Å². The number of ether oxygens (including phenoxy) is 2. The molecule has 0 radical (unpaired) electrons. The van der Waals surface area contributed by atoms with Gasteiger partial charge in [-0.3, -0.25) is 0 Å². The average molecular weight is 180 g/mol. The third kappa shape index (κ3) is 9.80. The molecule has 0 aliphatic carbocycles. The molecule has 0 atom stereocenters. The molecule has 0 saturated heterocycles. The second-order valence-electron chi connectivity index (χ2n) is 1.94. The molecule has 0 aliphatic heterocycles. The quantitative estimate of drug-likeness (QED) is 0.297. The first kappa shape index (κ1) is 11.8. The van der Waals surface area contributed by atoms with Crippen LogP contribution in [0.1, 0.15) is 0 Å². The van der Waals surface area contributed by atoms with Gasteiger partial charge in [0.25, 0.3) is 0 Å². The summed E-state index contributed by atoms with van der Waals surface area (Å²) in [7, 11) is 1.45. The highest BCUT2D eigenvalue weighted by atomic mass is 17.2. The van der Waals surface area contributed by atoms with Gasteiger partial charge in [-0.1, -0.05) is 0 Å². The van der Waals surface area contributed by atoms with Gasteiger partial charge in [-0.2, -0.15) is 0 Å². The fourth-order valence-electron chi connectivity index (χ4n) is 0.563. The molecule has 0 spiro atoms. The Morgan fingerprint density at radius 2 is 1.50 bits per heavy atom. The maximum atomic E-state index is 8.34. The minimum absolute atomic E-state index is 0.0484. The largest absolute Gasteiger partial charge is 0.394 e. The summed E-state index contributed by atoms with van der Waals surface area (Å²) in [5, 5.41) is 8.34. The summed E-state index contributed by atoms with van der Waals surface area (Å²) in [4.78, 5) is 8.90. The van der Waals surface area contributed by atoms with Crippen LogP contribution in [0.15, 0.2) is 0 Å². The molecule has 1 N–H and O–H groups in total. The molecule has 0 aliphatic rings. The Hall–Kier alpha value is -0.200. The van der Waals surface area contributed by atoms with Crippen molar-refractivity contribution in [2.45, 2.75) is 0 Å². The summed E-state index contributed by atoms with van der Waals surface area (Å²) in [6.45, 7) is 2.30. The van der Waals surface area contributed by atoms with Gasteiger partial charge in [0, 0.05) is 0 Å². The van der Waals surface area contributed by atoms with E-state index in [0.717, 1.165) is 0 Å². The Labute approximate surface area is 72.1 Å². The standard InChI is InChI=1S/C7H16O5/c1-9-12-7-6-11-5-4-10-3-2-8/h8H,2-7H2,1H3. The van der Waals surface area contributed by atoms with Crippen molar-refractivity contribution < 1.29 is 24.4 Å². The molecule has 0 fully saturated rings. The van der Waals surface area contributed by atoms with E-state index < -0.39 is 0 Å². The molecular weight excluding hydrogens is 164 g/mol. The van der Waals surface area contributed by atoms with Crippen molar-refractivity contribution >= 4 is 0 Å². The third-order valence-corrected chi connectivity index (χ3v) is 1.04. The van der Waals surface area contributed by atoms with Crippen LogP contribution in [0, 0.1) is 0 Å². The van der Waals surface area contributed by atoms with Crippen molar-refractivity contribution in [1.29, 1.82) is 0 Å². The Bertz CT molecular complexity index is 68.2. The number of hydrogen-bond acceptors (Lipinski definition) is 5. The summed E-state index contributed by atoms with van der Waals surface area (Å²) < 4.78 is 10.0. The summed E-state index contributed by atoms with van der Waals surface area (Å²) >= 11 is 0. The summed E-state index contributed by atoms with van der Waals surface area (Å²) in [6, 6.07) is 0. The molecule has 0 aromatic rings. The summed E-state index contributed by atoms with van der Waals surface area (Å²) in [6.07, 6.45) is 0. The highest BCUT2D eigenvalue weighted by Crippen LogP contribution is 1.80.